The molecule has 0 heterocycles. The summed E-state index contributed by atoms with van der Waals surface area (Å²) in [5.74, 6) is 0. The zero-order chi connectivity index (χ0) is 14.1. The number of benzene rings is 1. The third-order valence-corrected chi connectivity index (χ3v) is 3.05. The quantitative estimate of drug-likeness (QED) is 0.499. The molecule has 0 saturated carbocycles. The van der Waals surface area contributed by atoms with E-state index < -0.39 is 0 Å². The molecule has 106 valence electrons. The van der Waals surface area contributed by atoms with Gasteiger partial charge in [0.25, 0.3) is 0 Å². The van der Waals surface area contributed by atoms with Gasteiger partial charge in [0.15, 0.2) is 0 Å². The minimum absolute atomic E-state index is 0.211. The molecule has 0 amide bonds. The van der Waals surface area contributed by atoms with E-state index in [1.54, 1.807) is 0 Å². The SMILES string of the molecule is CCCCOB(OCCCC)c1cc(C)cc(C)c1. The summed E-state index contributed by atoms with van der Waals surface area (Å²) in [6.45, 7) is 10.1. The largest absolute Gasteiger partial charge is 0.493 e. The fourth-order valence-corrected chi connectivity index (χ4v) is 2.06. The number of hydrogen-bond acceptors (Lipinski definition) is 2. The van der Waals surface area contributed by atoms with Gasteiger partial charge in [-0.25, -0.2) is 0 Å². The van der Waals surface area contributed by atoms with E-state index in [1.165, 1.54) is 11.1 Å². The van der Waals surface area contributed by atoms with Crippen molar-refractivity contribution >= 4 is 12.6 Å². The van der Waals surface area contributed by atoms with Crippen LogP contribution in [0.25, 0.3) is 0 Å². The van der Waals surface area contributed by atoms with Crippen molar-refractivity contribution in [1.82, 2.24) is 0 Å². The molecule has 0 atom stereocenters. The van der Waals surface area contributed by atoms with Crippen LogP contribution in [0.5, 0.6) is 0 Å². The van der Waals surface area contributed by atoms with E-state index in [1.807, 2.05) is 0 Å². The number of hydrogen-bond donors (Lipinski definition) is 0. The first-order valence-corrected chi connectivity index (χ1v) is 7.48. The van der Waals surface area contributed by atoms with E-state index >= 15 is 0 Å². The third-order valence-electron chi connectivity index (χ3n) is 3.05. The molecule has 3 heteroatoms. The van der Waals surface area contributed by atoms with Crippen LogP contribution in [0.3, 0.4) is 0 Å². The Morgan fingerprint density at radius 1 is 0.842 bits per heavy atom. The lowest BCUT2D eigenvalue weighted by Crippen LogP contribution is -2.38. The lowest BCUT2D eigenvalue weighted by atomic mass is 9.77. The predicted molar refractivity (Wildman–Crippen MR) is 83.0 cm³/mol. The first-order chi connectivity index (χ1) is 9.17. The molecule has 0 spiro atoms. The smallest absolute Gasteiger partial charge is 0.407 e. The molecule has 1 rings (SSSR count). The zero-order valence-corrected chi connectivity index (χ0v) is 12.9. The Hall–Kier alpha value is -0.795. The molecule has 0 aliphatic heterocycles. The topological polar surface area (TPSA) is 18.5 Å². The highest BCUT2D eigenvalue weighted by molar-refractivity contribution is 6.61. The van der Waals surface area contributed by atoms with Gasteiger partial charge in [-0.15, -0.1) is 0 Å². The van der Waals surface area contributed by atoms with Crippen LogP contribution >= 0.6 is 0 Å². The van der Waals surface area contributed by atoms with E-state index in [-0.39, 0.29) is 7.12 Å². The van der Waals surface area contributed by atoms with Crippen LogP contribution in [0.15, 0.2) is 18.2 Å². The Bertz CT molecular complexity index is 336. The molecule has 0 fully saturated rings. The molecule has 1 aromatic carbocycles. The summed E-state index contributed by atoms with van der Waals surface area (Å²) in [6.07, 6.45) is 4.46. The second kappa shape index (κ2) is 9.16. The minimum atomic E-state index is -0.211. The molecule has 0 radical (unpaired) electrons. The van der Waals surface area contributed by atoms with Crippen molar-refractivity contribution in [2.24, 2.45) is 0 Å². The van der Waals surface area contributed by atoms with Crippen LogP contribution in [0, 0.1) is 13.8 Å². The van der Waals surface area contributed by atoms with Crippen LogP contribution in [0.2, 0.25) is 0 Å². The van der Waals surface area contributed by atoms with Crippen molar-refractivity contribution in [3.8, 4) is 0 Å². The standard InChI is InChI=1S/C16H27BO2/c1-5-7-9-18-17(19-10-8-6-2)16-12-14(3)11-15(4)13-16/h11-13H,5-10H2,1-4H3. The van der Waals surface area contributed by atoms with Crippen LogP contribution in [-0.2, 0) is 9.31 Å². The van der Waals surface area contributed by atoms with Gasteiger partial charge >= 0.3 is 7.12 Å². The maximum Gasteiger partial charge on any atom is 0.493 e. The summed E-state index contributed by atoms with van der Waals surface area (Å²) < 4.78 is 11.8. The van der Waals surface area contributed by atoms with Gasteiger partial charge in [-0.3, -0.25) is 0 Å². The van der Waals surface area contributed by atoms with Crippen LogP contribution in [0.1, 0.15) is 50.7 Å². The van der Waals surface area contributed by atoms with Gasteiger partial charge < -0.3 is 9.31 Å². The number of rotatable bonds is 9. The average Bonchev–Trinajstić information content (AvgIpc) is 2.36. The van der Waals surface area contributed by atoms with Crippen molar-refractivity contribution in [3.05, 3.63) is 29.3 Å². The monoisotopic (exact) mass is 262 g/mol. The highest BCUT2D eigenvalue weighted by atomic mass is 16.6. The Morgan fingerprint density at radius 2 is 1.32 bits per heavy atom. The van der Waals surface area contributed by atoms with E-state index in [2.05, 4.69) is 45.9 Å². The molecule has 0 aliphatic rings. The fourth-order valence-electron chi connectivity index (χ4n) is 2.06. The van der Waals surface area contributed by atoms with Gasteiger partial charge in [-0.2, -0.15) is 0 Å². The van der Waals surface area contributed by atoms with E-state index in [4.69, 9.17) is 9.31 Å². The van der Waals surface area contributed by atoms with E-state index in [9.17, 15) is 0 Å². The molecule has 2 nitrogen and oxygen atoms in total. The first kappa shape index (κ1) is 16.3. The van der Waals surface area contributed by atoms with Gasteiger partial charge in [0, 0.05) is 13.2 Å². The lowest BCUT2D eigenvalue weighted by Gasteiger charge is -2.16. The molecule has 0 N–H and O–H groups in total. The third kappa shape index (κ3) is 6.26. The Balaban J connectivity index is 2.69. The molecule has 0 bridgehead atoms. The number of aryl methyl sites for hydroxylation is 2. The van der Waals surface area contributed by atoms with Gasteiger partial charge in [0.2, 0.25) is 0 Å². The average molecular weight is 262 g/mol. The molecule has 19 heavy (non-hydrogen) atoms. The summed E-state index contributed by atoms with van der Waals surface area (Å²) in [5, 5.41) is 0. The summed E-state index contributed by atoms with van der Waals surface area (Å²) >= 11 is 0. The predicted octanol–water partition coefficient (Wildman–Crippen LogP) is 3.63. The maximum atomic E-state index is 5.90. The van der Waals surface area contributed by atoms with Crippen LogP contribution in [-0.4, -0.2) is 20.3 Å². The van der Waals surface area contributed by atoms with Gasteiger partial charge in [-0.05, 0) is 32.2 Å². The Labute approximate surface area is 118 Å². The van der Waals surface area contributed by atoms with Gasteiger partial charge in [0.05, 0.1) is 0 Å². The second-order valence-electron chi connectivity index (χ2n) is 5.20. The summed E-state index contributed by atoms with van der Waals surface area (Å²) in [6, 6.07) is 6.50. The Kier molecular flexibility index (Phi) is 7.84. The normalized spacial score (nSPS) is 10.7. The van der Waals surface area contributed by atoms with Crippen molar-refractivity contribution < 1.29 is 9.31 Å². The van der Waals surface area contributed by atoms with Gasteiger partial charge in [-0.1, -0.05) is 56.0 Å². The fraction of sp³-hybridized carbons (Fsp3) is 0.625. The Morgan fingerprint density at radius 3 is 1.74 bits per heavy atom. The number of unbranched alkanes of at least 4 members (excludes halogenated alkanes) is 2. The zero-order valence-electron chi connectivity index (χ0n) is 12.9. The lowest BCUT2D eigenvalue weighted by molar-refractivity contribution is 0.202. The second-order valence-corrected chi connectivity index (χ2v) is 5.20. The van der Waals surface area contributed by atoms with E-state index in [0.29, 0.717) is 0 Å². The molecular formula is C16H27BO2. The molecule has 0 aliphatic carbocycles. The summed E-state index contributed by atoms with van der Waals surface area (Å²) in [4.78, 5) is 0. The molecule has 0 saturated heterocycles. The van der Waals surface area contributed by atoms with Crippen LogP contribution in [0.4, 0.5) is 0 Å². The van der Waals surface area contributed by atoms with Crippen molar-refractivity contribution in [1.29, 1.82) is 0 Å². The van der Waals surface area contributed by atoms with Crippen molar-refractivity contribution in [2.75, 3.05) is 13.2 Å². The van der Waals surface area contributed by atoms with Crippen molar-refractivity contribution in [2.45, 2.75) is 53.4 Å². The highest BCUT2D eigenvalue weighted by Gasteiger charge is 2.21. The van der Waals surface area contributed by atoms with E-state index in [0.717, 1.165) is 44.4 Å². The minimum Gasteiger partial charge on any atom is -0.407 e. The molecule has 0 aromatic heterocycles. The van der Waals surface area contributed by atoms with Gasteiger partial charge in [0.1, 0.15) is 0 Å². The van der Waals surface area contributed by atoms with Crippen LogP contribution < -0.4 is 5.46 Å². The molecule has 0 unspecified atom stereocenters. The summed E-state index contributed by atoms with van der Waals surface area (Å²) in [5.41, 5.74) is 3.67. The molecular weight excluding hydrogens is 235 g/mol. The van der Waals surface area contributed by atoms with Crippen molar-refractivity contribution in [3.63, 3.8) is 0 Å². The first-order valence-electron chi connectivity index (χ1n) is 7.48. The molecule has 1 aromatic rings. The summed E-state index contributed by atoms with van der Waals surface area (Å²) in [7, 11) is -0.211. The maximum absolute atomic E-state index is 5.90. The highest BCUT2D eigenvalue weighted by Crippen LogP contribution is 2.04.